The molecule has 72 heavy (non-hydrogen) atoms. The molecule has 2 aliphatic rings. The van der Waals surface area contributed by atoms with Gasteiger partial charge in [-0.15, -0.1) is 4.33 Å². The van der Waals surface area contributed by atoms with E-state index in [2.05, 4.69) is 88.5 Å². The first kappa shape index (κ1) is 56.2. The standard InChI is InChI=1S/C46H72N16O8S2/c1-5-57(6-2)19-9-17-47-41-51-43(55-45(53-41)61-25-21-59(22-26-61)29-31-63)49-37-15-13-35(39(33-37)71-70-69-65)11-12-36-14-16-38(34-40(36)72(66,67)68)50-44-52-42(48-18-10-20-58(7-3)8-4)54-46(56-44)62-27-23-60(24-28-62)30-32-64/h11-16,33-34,63-65H,5-10,17-32H2,1-4H3,(H,66,67,68)(H2,47,49,51,53,55)(H2,48,50,52,54,56). The smallest absolute Gasteiger partial charge is 0.295 e. The van der Waals surface area contributed by atoms with E-state index in [-0.39, 0.29) is 35.6 Å². The molecule has 26 heteroatoms. The van der Waals surface area contributed by atoms with Crippen LogP contribution in [0, 0.1) is 0 Å². The number of aromatic nitrogens is 6. The Kier molecular flexibility index (Phi) is 22.6. The van der Waals surface area contributed by atoms with Crippen molar-refractivity contribution in [3.05, 3.63) is 47.5 Å². The van der Waals surface area contributed by atoms with Crippen LogP contribution in [0.25, 0.3) is 12.2 Å². The zero-order chi connectivity index (χ0) is 51.3. The van der Waals surface area contributed by atoms with Gasteiger partial charge >= 0.3 is 0 Å². The van der Waals surface area contributed by atoms with Crippen molar-refractivity contribution in [1.29, 1.82) is 0 Å². The highest BCUT2D eigenvalue weighted by Gasteiger charge is 2.23. The van der Waals surface area contributed by atoms with Crippen LogP contribution >= 0.6 is 12.0 Å². The van der Waals surface area contributed by atoms with Gasteiger partial charge in [0.25, 0.3) is 10.1 Å². The first-order chi connectivity index (χ1) is 34.9. The highest BCUT2D eigenvalue weighted by molar-refractivity contribution is 7.94. The Morgan fingerprint density at radius 2 is 1.08 bits per heavy atom. The summed E-state index contributed by atoms with van der Waals surface area (Å²) in [5.74, 6) is 2.20. The summed E-state index contributed by atoms with van der Waals surface area (Å²) in [6, 6.07) is 9.76. The van der Waals surface area contributed by atoms with Gasteiger partial charge < -0.3 is 51.1 Å². The molecule has 4 aromatic rings. The van der Waals surface area contributed by atoms with Crippen molar-refractivity contribution in [2.24, 2.45) is 0 Å². The Bertz CT molecular complexity index is 2420. The number of β-amino-alcohol motifs (C(OH)–C–C–N with tert-alkyl or cyclic N) is 2. The van der Waals surface area contributed by atoms with Crippen molar-refractivity contribution in [3.63, 3.8) is 0 Å². The molecule has 0 radical (unpaired) electrons. The lowest BCUT2D eigenvalue weighted by Gasteiger charge is -2.34. The second-order valence-electron chi connectivity index (χ2n) is 17.1. The molecule has 2 aromatic carbocycles. The molecule has 4 heterocycles. The van der Waals surface area contributed by atoms with Crippen LogP contribution in [0.15, 0.2) is 46.2 Å². The number of nitrogens with zero attached hydrogens (tertiary/aromatic N) is 12. The molecular formula is C46H72N16O8S2. The third-order valence-electron chi connectivity index (χ3n) is 12.5. The molecule has 6 rings (SSSR count). The minimum Gasteiger partial charge on any atom is -0.395 e. The topological polar surface area (TPSA) is 278 Å². The van der Waals surface area contributed by atoms with E-state index in [0.717, 1.165) is 78.3 Å². The summed E-state index contributed by atoms with van der Waals surface area (Å²) in [5, 5.41) is 45.1. The molecule has 0 bridgehead atoms. The van der Waals surface area contributed by atoms with E-state index in [0.29, 0.717) is 110 Å². The SMILES string of the molecule is CCN(CC)CCCNc1nc(Nc2ccc(C=Cc3ccc(Nc4nc(NCCCN(CC)CC)nc(N5CCN(CCO)CC5)n4)cc3S(=O)(=O)O)c(SOOO)c2)nc(N2CCN(CCO)CC2)n1. The zero-order valence-electron chi connectivity index (χ0n) is 41.8. The van der Waals surface area contributed by atoms with Gasteiger partial charge in [0.15, 0.2) is 0 Å². The quantitative estimate of drug-likeness (QED) is 0.00918. The third-order valence-corrected chi connectivity index (χ3v) is 14.0. The maximum Gasteiger partial charge on any atom is 0.295 e. The second kappa shape index (κ2) is 29.0. The van der Waals surface area contributed by atoms with Crippen LogP contribution in [0.2, 0.25) is 0 Å². The van der Waals surface area contributed by atoms with Crippen LogP contribution in [0.1, 0.15) is 51.7 Å². The molecule has 0 amide bonds. The molecule has 0 spiro atoms. The lowest BCUT2D eigenvalue weighted by molar-refractivity contribution is -0.432. The lowest BCUT2D eigenvalue weighted by Crippen LogP contribution is -2.47. The van der Waals surface area contributed by atoms with Crippen LogP contribution in [-0.4, -0.2) is 209 Å². The summed E-state index contributed by atoms with van der Waals surface area (Å²) >= 11 is 0.713. The normalized spacial score (nSPS) is 15.0. The lowest BCUT2D eigenvalue weighted by atomic mass is 10.1. The second-order valence-corrected chi connectivity index (χ2v) is 19.2. The number of rotatable bonds is 30. The molecular weight excluding hydrogens is 969 g/mol. The van der Waals surface area contributed by atoms with Gasteiger partial charge in [0.05, 0.1) is 25.3 Å². The molecule has 2 aromatic heterocycles. The van der Waals surface area contributed by atoms with Gasteiger partial charge in [-0.25, -0.2) is 5.26 Å². The van der Waals surface area contributed by atoms with E-state index < -0.39 is 10.1 Å². The fraction of sp³-hybridized carbons (Fsp3) is 0.565. The Hall–Kier alpha value is -5.10. The Morgan fingerprint density at radius 3 is 1.53 bits per heavy atom. The first-order valence-electron chi connectivity index (χ1n) is 24.7. The summed E-state index contributed by atoms with van der Waals surface area (Å²) in [5.41, 5.74) is 1.60. The van der Waals surface area contributed by atoms with Gasteiger partial charge in [-0.3, -0.25) is 14.4 Å². The van der Waals surface area contributed by atoms with Gasteiger partial charge in [-0.2, -0.15) is 38.3 Å². The summed E-state index contributed by atoms with van der Waals surface area (Å²) in [4.78, 5) is 41.5. The molecule has 0 aliphatic carbocycles. The summed E-state index contributed by atoms with van der Waals surface area (Å²) in [6.07, 6.45) is 4.93. The van der Waals surface area contributed by atoms with Crippen molar-refractivity contribution in [2.75, 3.05) is 162 Å². The fourth-order valence-corrected chi connectivity index (χ4v) is 9.50. The van der Waals surface area contributed by atoms with Crippen molar-refractivity contribution >= 4 is 81.4 Å². The molecule has 8 N–H and O–H groups in total. The van der Waals surface area contributed by atoms with Crippen LogP contribution in [0.3, 0.4) is 0 Å². The highest BCUT2D eigenvalue weighted by Crippen LogP contribution is 2.32. The minimum atomic E-state index is -4.75. The van der Waals surface area contributed by atoms with Gasteiger partial charge in [0.1, 0.15) is 4.90 Å². The average Bonchev–Trinajstić information content (AvgIpc) is 3.38. The number of anilines is 8. The number of benzene rings is 2. The maximum atomic E-state index is 12.9. The monoisotopic (exact) mass is 1040 g/mol. The molecule has 396 valence electrons. The molecule has 0 unspecified atom stereocenters. The first-order valence-corrected chi connectivity index (χ1v) is 26.9. The Balaban J connectivity index is 1.22. The summed E-state index contributed by atoms with van der Waals surface area (Å²) < 4.78 is 41.2. The number of piperazine rings is 2. The molecule has 2 fully saturated rings. The predicted molar refractivity (Wildman–Crippen MR) is 282 cm³/mol. The Labute approximate surface area is 427 Å². The molecule has 2 aliphatic heterocycles. The van der Waals surface area contributed by atoms with Crippen molar-refractivity contribution in [1.82, 2.24) is 49.5 Å². The van der Waals surface area contributed by atoms with Gasteiger partial charge in [-0.05, 0) is 87.5 Å². The van der Waals surface area contributed by atoms with Crippen LogP contribution < -0.4 is 31.1 Å². The number of aliphatic hydroxyl groups is 2. The van der Waals surface area contributed by atoms with E-state index in [1.165, 1.54) is 12.1 Å². The average molecular weight is 1040 g/mol. The zero-order valence-corrected chi connectivity index (χ0v) is 43.4. The van der Waals surface area contributed by atoms with Gasteiger partial charge in [0.2, 0.25) is 35.7 Å². The van der Waals surface area contributed by atoms with Crippen LogP contribution in [0.5, 0.6) is 0 Å². The maximum absolute atomic E-state index is 12.9. The van der Waals surface area contributed by atoms with E-state index in [4.69, 9.17) is 29.5 Å². The van der Waals surface area contributed by atoms with Gasteiger partial charge in [0, 0.05) is 94.8 Å². The molecule has 0 saturated carbocycles. The van der Waals surface area contributed by atoms with E-state index in [1.54, 1.807) is 36.4 Å². The number of nitrogens with one attached hydrogen (secondary N) is 4. The van der Waals surface area contributed by atoms with Crippen LogP contribution in [-0.2, 0) is 19.5 Å². The van der Waals surface area contributed by atoms with E-state index in [1.807, 2.05) is 4.90 Å². The fourth-order valence-electron chi connectivity index (χ4n) is 8.28. The molecule has 0 atom stereocenters. The van der Waals surface area contributed by atoms with Crippen molar-refractivity contribution in [2.45, 2.75) is 50.3 Å². The van der Waals surface area contributed by atoms with Gasteiger partial charge in [-0.1, -0.05) is 57.0 Å². The molecule has 2 saturated heterocycles. The molecule has 24 nitrogen and oxygen atoms in total. The van der Waals surface area contributed by atoms with Crippen molar-refractivity contribution in [3.8, 4) is 0 Å². The van der Waals surface area contributed by atoms with E-state index >= 15 is 0 Å². The number of hydrogen-bond donors (Lipinski definition) is 8. The summed E-state index contributed by atoms with van der Waals surface area (Å²) in [7, 11) is -4.75. The van der Waals surface area contributed by atoms with Crippen LogP contribution in [0.4, 0.5) is 47.1 Å². The number of aliphatic hydroxyl groups excluding tert-OH is 2. The minimum absolute atomic E-state index is 0.0803. The third kappa shape index (κ3) is 17.3. The van der Waals surface area contributed by atoms with E-state index in [9.17, 15) is 23.2 Å². The highest BCUT2D eigenvalue weighted by atomic mass is 32.2. The van der Waals surface area contributed by atoms with Crippen molar-refractivity contribution < 1.29 is 37.8 Å². The predicted octanol–water partition coefficient (Wildman–Crippen LogP) is 3.91. The number of hydrogen-bond acceptors (Lipinski definition) is 24. The Morgan fingerprint density at radius 1 is 0.639 bits per heavy atom. The largest absolute Gasteiger partial charge is 0.395 e. The summed E-state index contributed by atoms with van der Waals surface area (Å²) in [6.45, 7) is 22.5.